The van der Waals surface area contributed by atoms with Gasteiger partial charge in [-0.15, -0.1) is 0 Å². The number of allylic oxidation sites excluding steroid dienone is 20. The van der Waals surface area contributed by atoms with Gasteiger partial charge in [0, 0.05) is 12.8 Å². The van der Waals surface area contributed by atoms with Crippen molar-refractivity contribution in [1.29, 1.82) is 0 Å². The lowest BCUT2D eigenvalue weighted by Gasteiger charge is -2.25. The molecule has 0 fully saturated rings. The molecule has 100 heavy (non-hydrogen) atoms. The van der Waals surface area contributed by atoms with Crippen LogP contribution in [0.15, 0.2) is 122 Å². The van der Waals surface area contributed by atoms with E-state index < -0.39 is 24.3 Å². The zero-order valence-corrected chi connectivity index (χ0v) is 66.1. The molecule has 0 amide bonds. The zero-order chi connectivity index (χ0) is 72.5. The maximum Gasteiger partial charge on any atom is 0.361 e. The summed E-state index contributed by atoms with van der Waals surface area (Å²) in [7, 11) is 5.97. The molecule has 0 saturated carbocycles. The Labute approximate surface area is 618 Å². The maximum atomic E-state index is 13.0. The zero-order valence-electron chi connectivity index (χ0n) is 66.1. The van der Waals surface area contributed by atoms with Crippen LogP contribution in [0.2, 0.25) is 0 Å². The number of hydrogen-bond donors (Lipinski definition) is 1. The Kier molecular flexibility index (Phi) is 76.9. The van der Waals surface area contributed by atoms with Crippen LogP contribution in [-0.4, -0.2) is 87.4 Å². The summed E-state index contributed by atoms with van der Waals surface area (Å²) in [6.45, 7) is 4.77. The van der Waals surface area contributed by atoms with Gasteiger partial charge in [0.15, 0.2) is 6.10 Å². The molecule has 0 aliphatic rings. The van der Waals surface area contributed by atoms with Crippen molar-refractivity contribution in [3.63, 3.8) is 0 Å². The van der Waals surface area contributed by atoms with Gasteiger partial charge in [-0.1, -0.05) is 399 Å². The number of carboxylic acid groups (broad SMARTS) is 1. The molecular weight excluding hydrogens is 1230 g/mol. The number of quaternary nitrogens is 1. The van der Waals surface area contributed by atoms with Crippen molar-refractivity contribution in [3.05, 3.63) is 122 Å². The van der Waals surface area contributed by atoms with Crippen molar-refractivity contribution < 1.29 is 42.9 Å². The molecule has 2 unspecified atom stereocenters. The molecule has 9 nitrogen and oxygen atoms in total. The average molecular weight is 1400 g/mol. The number of rotatable bonds is 78. The highest BCUT2D eigenvalue weighted by Crippen LogP contribution is 2.19. The predicted molar refractivity (Wildman–Crippen MR) is 433 cm³/mol. The molecule has 0 spiro atoms. The van der Waals surface area contributed by atoms with Crippen molar-refractivity contribution >= 4 is 17.9 Å². The molecule has 0 saturated heterocycles. The molecule has 0 aliphatic carbocycles. The minimum absolute atomic E-state index is 0.178. The van der Waals surface area contributed by atoms with Gasteiger partial charge in [0.2, 0.25) is 0 Å². The molecule has 1 N–H and O–H groups in total. The Morgan fingerprint density at radius 1 is 0.310 bits per heavy atom. The van der Waals surface area contributed by atoms with E-state index in [-0.39, 0.29) is 32.2 Å². The molecule has 2 atom stereocenters. The van der Waals surface area contributed by atoms with Crippen molar-refractivity contribution in [2.45, 2.75) is 392 Å². The summed E-state index contributed by atoms with van der Waals surface area (Å²) in [5.74, 6) is -2.03. The number of esters is 2. The van der Waals surface area contributed by atoms with Gasteiger partial charge in [0.1, 0.15) is 13.2 Å². The van der Waals surface area contributed by atoms with E-state index in [9.17, 15) is 19.5 Å². The third-order valence-electron chi connectivity index (χ3n) is 18.5. The van der Waals surface area contributed by atoms with Crippen LogP contribution in [-0.2, 0) is 33.3 Å². The second-order valence-electron chi connectivity index (χ2n) is 29.4. The van der Waals surface area contributed by atoms with Gasteiger partial charge < -0.3 is 28.5 Å². The van der Waals surface area contributed by atoms with E-state index in [4.69, 9.17) is 18.9 Å². The molecule has 0 rings (SSSR count). The molecule has 0 aliphatic heterocycles. The highest BCUT2D eigenvalue weighted by molar-refractivity contribution is 5.71. The van der Waals surface area contributed by atoms with E-state index in [1.165, 1.54) is 238 Å². The number of likely N-dealkylation sites (N-methyl/N-ethyl adjacent to an activating group) is 1. The van der Waals surface area contributed by atoms with Crippen LogP contribution in [0, 0.1) is 0 Å². The monoisotopic (exact) mass is 1400 g/mol. The summed E-state index contributed by atoms with van der Waals surface area (Å²) in [5.41, 5.74) is 0. The first-order valence-corrected chi connectivity index (χ1v) is 42.2. The first kappa shape index (κ1) is 95.7. The number of nitrogens with zero attached hydrogens (tertiary/aromatic N) is 1. The lowest BCUT2D eigenvalue weighted by Crippen LogP contribution is -2.40. The predicted octanol–water partition coefficient (Wildman–Crippen LogP) is 27.4. The Bertz CT molecular complexity index is 2070. The molecule has 9 heteroatoms. The van der Waals surface area contributed by atoms with E-state index in [1.807, 2.05) is 21.1 Å². The van der Waals surface area contributed by atoms with Gasteiger partial charge in [-0.25, -0.2) is 4.79 Å². The lowest BCUT2D eigenvalue weighted by atomic mass is 10.0. The number of carbonyl (C=O) groups is 3. The first-order chi connectivity index (χ1) is 49.1. The van der Waals surface area contributed by atoms with Crippen molar-refractivity contribution in [2.75, 3.05) is 47.5 Å². The minimum atomic E-state index is -1.53. The molecular formula is C91H160NO8+. The van der Waals surface area contributed by atoms with Gasteiger partial charge in [-0.3, -0.25) is 9.59 Å². The Morgan fingerprint density at radius 2 is 0.570 bits per heavy atom. The summed E-state index contributed by atoms with van der Waals surface area (Å²) in [4.78, 5) is 37.8. The molecule has 0 bridgehead atoms. The van der Waals surface area contributed by atoms with Gasteiger partial charge in [-0.2, -0.15) is 0 Å². The normalized spacial score (nSPS) is 13.2. The second kappa shape index (κ2) is 80.4. The van der Waals surface area contributed by atoms with Crippen LogP contribution in [0.5, 0.6) is 0 Å². The standard InChI is InChI=1S/C91H159NO8/c1-6-8-10-12-14-16-18-20-22-24-26-28-30-32-34-36-38-40-42-43-44-45-46-48-49-51-53-55-57-59-61-63-65-67-69-71-73-75-77-79-81-88(93)98-85-87(86-99-91(90(95)96)97-84-83-92(3,4)5)100-89(94)82-80-78-76-74-72-70-68-66-64-62-60-58-56-54-52-50-47-41-39-37-35-33-31-29-27-25-23-21-19-17-15-13-11-9-7-2/h9,11,15,17,21,23,27,29,33,35,39,41,50,52,56,58,62,64,68,70,87,91H,6-8,10,12-14,16,18-20,22,24-26,28,30-32,34,36-38,40,42-49,51,53-55,57,59-61,63,65-67,69,71-86H2,1-5H3/p+1/b11-9-,17-15-,23-21-,29-27-,35-33-,41-39-,52-50-,58-56-,64-62-,70-68-. The van der Waals surface area contributed by atoms with E-state index >= 15 is 0 Å². The third-order valence-corrected chi connectivity index (χ3v) is 18.5. The number of aliphatic carboxylic acids is 1. The lowest BCUT2D eigenvalue weighted by molar-refractivity contribution is -0.870. The number of ether oxygens (including phenoxy) is 4. The quantitative estimate of drug-likeness (QED) is 0.0211. The van der Waals surface area contributed by atoms with Crippen LogP contribution in [0.1, 0.15) is 380 Å². The minimum Gasteiger partial charge on any atom is -0.477 e. The van der Waals surface area contributed by atoms with Crippen LogP contribution in [0.25, 0.3) is 0 Å². The van der Waals surface area contributed by atoms with Crippen molar-refractivity contribution in [2.24, 2.45) is 0 Å². The topological polar surface area (TPSA) is 108 Å². The van der Waals surface area contributed by atoms with Gasteiger partial charge >= 0.3 is 17.9 Å². The summed E-state index contributed by atoms with van der Waals surface area (Å²) >= 11 is 0. The number of hydrogen-bond acceptors (Lipinski definition) is 7. The van der Waals surface area contributed by atoms with E-state index in [0.29, 0.717) is 23.9 Å². The summed E-state index contributed by atoms with van der Waals surface area (Å²) in [5, 5.41) is 9.78. The fourth-order valence-electron chi connectivity index (χ4n) is 12.1. The highest BCUT2D eigenvalue weighted by Gasteiger charge is 2.25. The molecule has 0 aromatic heterocycles. The van der Waals surface area contributed by atoms with Crippen LogP contribution < -0.4 is 0 Å². The second-order valence-corrected chi connectivity index (χ2v) is 29.4. The largest absolute Gasteiger partial charge is 0.477 e. The van der Waals surface area contributed by atoms with E-state index in [1.54, 1.807) is 0 Å². The van der Waals surface area contributed by atoms with Crippen molar-refractivity contribution in [1.82, 2.24) is 0 Å². The number of carbonyl (C=O) groups excluding carboxylic acids is 2. The van der Waals surface area contributed by atoms with Crippen LogP contribution >= 0.6 is 0 Å². The van der Waals surface area contributed by atoms with Gasteiger partial charge in [-0.05, 0) is 89.9 Å². The molecule has 0 aromatic rings. The average Bonchev–Trinajstić information content (AvgIpc) is 1.67. The van der Waals surface area contributed by atoms with E-state index in [0.717, 1.165) is 109 Å². The Morgan fingerprint density at radius 3 is 0.850 bits per heavy atom. The SMILES string of the molecule is CC/C=C\C/C=C\C/C=C\C/C=C\C/C=C\C/C=C\C/C=C\C/C=C\C/C=C\C/C=C\CCCCCCC(=O)OC(COC(=O)CCCCCCCCCCCCCCCCCCCCCCCCCCCCCCCCCCCCCCCCCC)COC(OCC[N+](C)(C)C)C(=O)O. The number of unbranched alkanes of at least 4 members (excludes halogenated alkanes) is 43. The smallest absolute Gasteiger partial charge is 0.361 e. The van der Waals surface area contributed by atoms with Gasteiger partial charge in [0.25, 0.3) is 6.29 Å². The van der Waals surface area contributed by atoms with E-state index in [2.05, 4.69) is 135 Å². The molecule has 576 valence electrons. The summed E-state index contributed by atoms with van der Waals surface area (Å²) < 4.78 is 23.0. The molecule has 0 aromatic carbocycles. The van der Waals surface area contributed by atoms with Crippen molar-refractivity contribution in [3.8, 4) is 0 Å². The fraction of sp³-hybridized carbons (Fsp3) is 0.747. The number of carboxylic acids is 1. The van der Waals surface area contributed by atoms with Crippen LogP contribution in [0.3, 0.4) is 0 Å². The molecule has 0 radical (unpaired) electrons. The summed E-state index contributed by atoms with van der Waals surface area (Å²) in [6.07, 6.45) is 112. The Hall–Kier alpha value is -4.31. The molecule has 0 heterocycles. The highest BCUT2D eigenvalue weighted by atomic mass is 16.7. The summed E-state index contributed by atoms with van der Waals surface area (Å²) in [6, 6.07) is 0. The van der Waals surface area contributed by atoms with Crippen LogP contribution in [0.4, 0.5) is 0 Å². The fourth-order valence-corrected chi connectivity index (χ4v) is 12.1. The third kappa shape index (κ3) is 81.0. The van der Waals surface area contributed by atoms with Gasteiger partial charge in [0.05, 0.1) is 34.4 Å². The Balaban J connectivity index is 4.04. The first-order valence-electron chi connectivity index (χ1n) is 42.2. The maximum absolute atomic E-state index is 13.0.